The van der Waals surface area contributed by atoms with Gasteiger partial charge in [-0.15, -0.1) is 21.8 Å². The number of rotatable bonds is 3. The van der Waals surface area contributed by atoms with Crippen LogP contribution in [-0.2, 0) is 7.05 Å². The molecule has 4 nitrogen and oxygen atoms in total. The molecule has 1 aliphatic rings. The molecule has 1 aromatic carbocycles. The summed E-state index contributed by atoms with van der Waals surface area (Å²) in [4.78, 5) is 1.94. The lowest BCUT2D eigenvalue weighted by atomic mass is 9.89. The van der Waals surface area contributed by atoms with Crippen LogP contribution in [0.25, 0.3) is 0 Å². The maximum atomic E-state index is 13.0. The van der Waals surface area contributed by atoms with Gasteiger partial charge in [0, 0.05) is 32.1 Å². The molecular weight excluding hydrogens is 315 g/mol. The third-order valence-electron chi connectivity index (χ3n) is 4.37. The van der Waals surface area contributed by atoms with Gasteiger partial charge in [-0.25, -0.2) is 4.39 Å². The third-order valence-corrected chi connectivity index (χ3v) is 4.37. The van der Waals surface area contributed by atoms with Crippen molar-refractivity contribution in [2.24, 2.45) is 7.05 Å². The minimum Gasteiger partial charge on any atom is -0.314 e. The lowest BCUT2D eigenvalue weighted by molar-refractivity contribution is 0.420. The Morgan fingerprint density at radius 1 is 1.09 bits per heavy atom. The topological polar surface area (TPSA) is 34.0 Å². The van der Waals surface area contributed by atoms with Gasteiger partial charge in [-0.3, -0.25) is 4.57 Å². The van der Waals surface area contributed by atoms with Crippen molar-refractivity contribution in [3.05, 3.63) is 35.9 Å². The third kappa shape index (κ3) is 4.02. The SMILES string of the molecule is CCl.CN(c1ccc(F)cc1)c1nnc(C2CCCCC2)n1C. The Kier molecular flexibility index (Phi) is 6.39. The maximum Gasteiger partial charge on any atom is 0.231 e. The highest BCUT2D eigenvalue weighted by atomic mass is 35.5. The average Bonchev–Trinajstić information content (AvgIpc) is 2.99. The standard InChI is InChI=1S/C16H21FN4.CH3Cl/c1-20(14-10-8-13(17)9-11-14)16-19-18-15(21(16)2)12-6-4-3-5-7-12;1-2/h8-12H,3-7H2,1-2H3;1H3. The van der Waals surface area contributed by atoms with Gasteiger partial charge in [0.05, 0.1) is 0 Å². The number of hydrogen-bond acceptors (Lipinski definition) is 3. The summed E-state index contributed by atoms with van der Waals surface area (Å²) in [5, 5.41) is 8.74. The second-order valence-corrected chi connectivity index (χ2v) is 5.79. The fourth-order valence-corrected chi connectivity index (χ4v) is 3.12. The van der Waals surface area contributed by atoms with Crippen LogP contribution in [0.4, 0.5) is 16.0 Å². The van der Waals surface area contributed by atoms with E-state index in [9.17, 15) is 4.39 Å². The Balaban J connectivity index is 0.000000924. The number of halogens is 2. The molecule has 126 valence electrons. The predicted octanol–water partition coefficient (Wildman–Crippen LogP) is 4.62. The van der Waals surface area contributed by atoms with Crippen molar-refractivity contribution in [1.29, 1.82) is 0 Å². The van der Waals surface area contributed by atoms with Crippen LogP contribution in [0.3, 0.4) is 0 Å². The van der Waals surface area contributed by atoms with E-state index in [0.29, 0.717) is 5.92 Å². The van der Waals surface area contributed by atoms with Gasteiger partial charge in [0.25, 0.3) is 0 Å². The van der Waals surface area contributed by atoms with Crippen molar-refractivity contribution in [3.63, 3.8) is 0 Å². The summed E-state index contributed by atoms with van der Waals surface area (Å²) in [6.07, 6.45) is 7.76. The van der Waals surface area contributed by atoms with Crippen LogP contribution in [0.1, 0.15) is 43.8 Å². The number of anilines is 2. The van der Waals surface area contributed by atoms with Gasteiger partial charge >= 0.3 is 0 Å². The number of nitrogens with zero attached hydrogens (tertiary/aromatic N) is 4. The number of hydrogen-bond donors (Lipinski definition) is 0. The van der Waals surface area contributed by atoms with E-state index in [0.717, 1.165) is 17.5 Å². The van der Waals surface area contributed by atoms with Crippen molar-refractivity contribution in [2.75, 3.05) is 18.3 Å². The predicted molar refractivity (Wildman–Crippen MR) is 93.1 cm³/mol. The molecule has 0 spiro atoms. The van der Waals surface area contributed by atoms with Gasteiger partial charge in [-0.2, -0.15) is 0 Å². The molecule has 0 bridgehead atoms. The van der Waals surface area contributed by atoms with Gasteiger partial charge < -0.3 is 4.90 Å². The van der Waals surface area contributed by atoms with Crippen LogP contribution >= 0.6 is 11.6 Å². The molecule has 0 amide bonds. The molecule has 1 heterocycles. The van der Waals surface area contributed by atoms with Crippen molar-refractivity contribution in [2.45, 2.75) is 38.0 Å². The van der Waals surface area contributed by atoms with E-state index in [-0.39, 0.29) is 5.82 Å². The second-order valence-electron chi connectivity index (χ2n) is 5.79. The summed E-state index contributed by atoms with van der Waals surface area (Å²) in [6, 6.07) is 6.43. The van der Waals surface area contributed by atoms with E-state index < -0.39 is 0 Å². The number of aromatic nitrogens is 3. The van der Waals surface area contributed by atoms with E-state index in [1.807, 2.05) is 19.0 Å². The van der Waals surface area contributed by atoms with Crippen LogP contribution in [-0.4, -0.2) is 28.2 Å². The molecule has 0 aliphatic heterocycles. The molecule has 23 heavy (non-hydrogen) atoms. The van der Waals surface area contributed by atoms with E-state index in [2.05, 4.69) is 26.4 Å². The van der Waals surface area contributed by atoms with Crippen LogP contribution in [0.15, 0.2) is 24.3 Å². The molecule has 1 saturated carbocycles. The summed E-state index contributed by atoms with van der Waals surface area (Å²) in [5.74, 6) is 2.15. The highest BCUT2D eigenvalue weighted by molar-refractivity contribution is 6.15. The first-order valence-corrected chi connectivity index (χ1v) is 8.69. The molecule has 0 saturated heterocycles. The Bertz CT molecular complexity index is 606. The smallest absolute Gasteiger partial charge is 0.231 e. The molecule has 0 atom stereocenters. The van der Waals surface area contributed by atoms with Crippen LogP contribution in [0.2, 0.25) is 0 Å². The maximum absolute atomic E-state index is 13.0. The van der Waals surface area contributed by atoms with Gasteiger partial charge in [0.15, 0.2) is 0 Å². The molecule has 3 rings (SSSR count). The first-order valence-electron chi connectivity index (χ1n) is 7.93. The molecule has 1 aliphatic carbocycles. The van der Waals surface area contributed by atoms with Gasteiger partial charge in [0.2, 0.25) is 5.95 Å². The second kappa shape index (κ2) is 8.29. The van der Waals surface area contributed by atoms with E-state index in [1.54, 1.807) is 12.1 Å². The summed E-state index contributed by atoms with van der Waals surface area (Å²) < 4.78 is 15.1. The highest BCUT2D eigenvalue weighted by Crippen LogP contribution is 2.33. The summed E-state index contributed by atoms with van der Waals surface area (Å²) >= 11 is 4.64. The normalized spacial score (nSPS) is 15.0. The molecule has 0 unspecified atom stereocenters. The number of alkyl halides is 1. The first kappa shape index (κ1) is 17.7. The molecule has 0 radical (unpaired) electrons. The molecule has 1 aromatic heterocycles. The fraction of sp³-hybridized carbons (Fsp3) is 0.529. The Labute approximate surface area is 142 Å². The monoisotopic (exact) mass is 338 g/mol. The van der Waals surface area contributed by atoms with E-state index >= 15 is 0 Å². The molecular formula is C17H24ClFN4. The highest BCUT2D eigenvalue weighted by Gasteiger charge is 2.23. The average molecular weight is 339 g/mol. The van der Waals surface area contributed by atoms with Crippen LogP contribution < -0.4 is 4.90 Å². The number of benzene rings is 1. The van der Waals surface area contributed by atoms with Gasteiger partial charge in [0.1, 0.15) is 11.6 Å². The minimum atomic E-state index is -0.229. The molecule has 0 N–H and O–H groups in total. The Morgan fingerprint density at radius 3 is 2.30 bits per heavy atom. The van der Waals surface area contributed by atoms with E-state index in [4.69, 9.17) is 0 Å². The largest absolute Gasteiger partial charge is 0.314 e. The summed E-state index contributed by atoms with van der Waals surface area (Å²) in [7, 11) is 3.95. The zero-order valence-electron chi connectivity index (χ0n) is 14.0. The lowest BCUT2D eigenvalue weighted by Gasteiger charge is -2.22. The zero-order chi connectivity index (χ0) is 16.8. The zero-order valence-corrected chi connectivity index (χ0v) is 14.7. The Hall–Kier alpha value is -1.62. The van der Waals surface area contributed by atoms with E-state index in [1.165, 1.54) is 50.6 Å². The molecule has 2 aromatic rings. The summed E-state index contributed by atoms with van der Waals surface area (Å²) in [5.41, 5.74) is 0.905. The van der Waals surface area contributed by atoms with Crippen molar-refractivity contribution >= 4 is 23.2 Å². The lowest BCUT2D eigenvalue weighted by Crippen LogP contribution is -2.16. The van der Waals surface area contributed by atoms with Crippen LogP contribution in [0, 0.1) is 5.82 Å². The first-order chi connectivity index (χ1) is 11.2. The van der Waals surface area contributed by atoms with Crippen molar-refractivity contribution in [3.8, 4) is 0 Å². The molecule has 1 fully saturated rings. The quantitative estimate of drug-likeness (QED) is 0.765. The summed E-state index contributed by atoms with van der Waals surface area (Å²) in [6.45, 7) is 0. The van der Waals surface area contributed by atoms with Crippen molar-refractivity contribution < 1.29 is 4.39 Å². The van der Waals surface area contributed by atoms with Gasteiger partial charge in [-0.05, 0) is 37.1 Å². The minimum absolute atomic E-state index is 0.229. The van der Waals surface area contributed by atoms with Gasteiger partial charge in [-0.1, -0.05) is 19.3 Å². The van der Waals surface area contributed by atoms with Crippen LogP contribution in [0.5, 0.6) is 0 Å². The Morgan fingerprint density at radius 2 is 1.70 bits per heavy atom. The van der Waals surface area contributed by atoms with Crippen molar-refractivity contribution in [1.82, 2.24) is 14.8 Å². The fourth-order valence-electron chi connectivity index (χ4n) is 3.12. The molecule has 6 heteroatoms.